The van der Waals surface area contributed by atoms with Crippen molar-refractivity contribution in [1.82, 2.24) is 4.90 Å². The van der Waals surface area contributed by atoms with Gasteiger partial charge in [-0.2, -0.15) is 0 Å². The molecule has 0 radical (unpaired) electrons. The van der Waals surface area contributed by atoms with Crippen LogP contribution in [0.1, 0.15) is 33.1 Å². The van der Waals surface area contributed by atoms with Crippen LogP contribution in [0.4, 0.5) is 0 Å². The summed E-state index contributed by atoms with van der Waals surface area (Å²) in [5.41, 5.74) is -0.899. The molecule has 2 fully saturated rings. The Morgan fingerprint density at radius 2 is 2.12 bits per heavy atom. The van der Waals surface area contributed by atoms with E-state index >= 15 is 0 Å². The molecule has 1 aliphatic carbocycles. The first-order valence-electron chi connectivity index (χ1n) is 6.52. The van der Waals surface area contributed by atoms with E-state index in [2.05, 4.69) is 4.90 Å². The zero-order valence-corrected chi connectivity index (χ0v) is 11.0. The second-order valence-corrected chi connectivity index (χ2v) is 5.80. The van der Waals surface area contributed by atoms with E-state index in [1.807, 2.05) is 13.8 Å². The number of methoxy groups -OCH3 is 1. The maximum absolute atomic E-state index is 11.8. The zero-order valence-electron chi connectivity index (χ0n) is 11.0. The van der Waals surface area contributed by atoms with Gasteiger partial charge in [-0.3, -0.25) is 9.69 Å². The second-order valence-electron chi connectivity index (χ2n) is 5.80. The number of carbonyl (C=O) groups is 1. The minimum Gasteiger partial charge on any atom is -0.469 e. The molecule has 1 N–H and O–H groups in total. The van der Waals surface area contributed by atoms with Gasteiger partial charge >= 0.3 is 5.97 Å². The van der Waals surface area contributed by atoms with Crippen LogP contribution in [0.3, 0.4) is 0 Å². The van der Waals surface area contributed by atoms with Crippen molar-refractivity contribution in [2.24, 2.45) is 11.8 Å². The predicted molar refractivity (Wildman–Crippen MR) is 64.5 cm³/mol. The van der Waals surface area contributed by atoms with Crippen molar-refractivity contribution in [2.45, 2.75) is 44.8 Å². The highest BCUT2D eigenvalue weighted by atomic mass is 16.5. The van der Waals surface area contributed by atoms with Crippen molar-refractivity contribution in [3.8, 4) is 0 Å². The lowest BCUT2D eigenvalue weighted by Gasteiger charge is -2.33. The molecular weight excluding hydrogens is 218 g/mol. The van der Waals surface area contributed by atoms with Gasteiger partial charge in [0.2, 0.25) is 0 Å². The van der Waals surface area contributed by atoms with Crippen LogP contribution in [-0.4, -0.2) is 47.8 Å². The smallest absolute Gasteiger partial charge is 0.311 e. The molecule has 1 aliphatic heterocycles. The molecule has 2 rings (SSSR count). The quantitative estimate of drug-likeness (QED) is 0.747. The summed E-state index contributed by atoms with van der Waals surface area (Å²) in [6.45, 7) is 5.47. The maximum Gasteiger partial charge on any atom is 0.311 e. The third-order valence-electron chi connectivity index (χ3n) is 4.07. The molecule has 0 spiro atoms. The molecule has 1 heterocycles. The third-order valence-corrected chi connectivity index (χ3v) is 4.07. The number of likely N-dealkylation sites (tertiary alicyclic amines) is 1. The summed E-state index contributed by atoms with van der Waals surface area (Å²) in [7, 11) is 1.40. The maximum atomic E-state index is 11.8. The molecule has 4 heteroatoms. The lowest BCUT2D eigenvalue weighted by Crippen LogP contribution is -2.48. The summed E-state index contributed by atoms with van der Waals surface area (Å²) in [5, 5.41) is 10.7. The van der Waals surface area contributed by atoms with Gasteiger partial charge in [0.15, 0.2) is 0 Å². The number of rotatable bonds is 4. The minimum atomic E-state index is -0.899. The van der Waals surface area contributed by atoms with Crippen LogP contribution in [0.2, 0.25) is 0 Å². The Hall–Kier alpha value is -0.610. The van der Waals surface area contributed by atoms with E-state index in [0.29, 0.717) is 19.0 Å². The first kappa shape index (κ1) is 12.8. The second kappa shape index (κ2) is 4.58. The number of hydrogen-bond acceptors (Lipinski definition) is 4. The normalized spacial score (nSPS) is 31.8. The fraction of sp³-hybridized carbons (Fsp3) is 0.923. The van der Waals surface area contributed by atoms with Gasteiger partial charge in [-0.05, 0) is 25.2 Å². The Balaban J connectivity index is 2.09. The van der Waals surface area contributed by atoms with Crippen LogP contribution in [0.25, 0.3) is 0 Å². The highest BCUT2D eigenvalue weighted by Gasteiger charge is 2.50. The van der Waals surface area contributed by atoms with E-state index in [9.17, 15) is 9.90 Å². The summed E-state index contributed by atoms with van der Waals surface area (Å²) >= 11 is 0. The van der Waals surface area contributed by atoms with Gasteiger partial charge in [0, 0.05) is 19.1 Å². The van der Waals surface area contributed by atoms with Gasteiger partial charge in [-0.15, -0.1) is 0 Å². The number of carbonyl (C=O) groups excluding carboxylic acids is 1. The van der Waals surface area contributed by atoms with Crippen molar-refractivity contribution < 1.29 is 14.6 Å². The molecule has 98 valence electrons. The molecule has 4 nitrogen and oxygen atoms in total. The van der Waals surface area contributed by atoms with E-state index in [1.165, 1.54) is 20.0 Å². The van der Waals surface area contributed by atoms with Crippen molar-refractivity contribution in [2.75, 3.05) is 20.2 Å². The van der Waals surface area contributed by atoms with Gasteiger partial charge < -0.3 is 9.84 Å². The monoisotopic (exact) mass is 241 g/mol. The van der Waals surface area contributed by atoms with Crippen LogP contribution in [0, 0.1) is 11.8 Å². The van der Waals surface area contributed by atoms with Crippen molar-refractivity contribution >= 4 is 5.97 Å². The molecule has 2 unspecified atom stereocenters. The minimum absolute atomic E-state index is 0.103. The first-order chi connectivity index (χ1) is 7.98. The Morgan fingerprint density at radius 3 is 2.59 bits per heavy atom. The lowest BCUT2D eigenvalue weighted by molar-refractivity contribution is -0.158. The van der Waals surface area contributed by atoms with E-state index in [1.54, 1.807) is 0 Å². The summed E-state index contributed by atoms with van der Waals surface area (Å²) in [4.78, 5) is 14.2. The molecule has 17 heavy (non-hydrogen) atoms. The van der Waals surface area contributed by atoms with Gasteiger partial charge in [0.25, 0.3) is 0 Å². The van der Waals surface area contributed by atoms with E-state index < -0.39 is 11.5 Å². The van der Waals surface area contributed by atoms with E-state index in [-0.39, 0.29) is 11.9 Å². The fourth-order valence-corrected chi connectivity index (χ4v) is 3.09. The Bertz CT molecular complexity index is 301. The number of nitrogens with zero attached hydrogens (tertiary/aromatic N) is 1. The van der Waals surface area contributed by atoms with E-state index in [4.69, 9.17) is 4.74 Å². The summed E-state index contributed by atoms with van der Waals surface area (Å²) in [6.07, 6.45) is 3.16. The van der Waals surface area contributed by atoms with Gasteiger partial charge in [0.1, 0.15) is 0 Å². The van der Waals surface area contributed by atoms with Crippen LogP contribution in [0.5, 0.6) is 0 Å². The standard InChI is InChI=1S/C13H23NO3/c1-9(2)11(12(15)17-3)13(16)6-7-14(8-13)10-4-5-10/h9-11,16H,4-8H2,1-3H3. The summed E-state index contributed by atoms with van der Waals surface area (Å²) in [5.74, 6) is -0.581. The Labute approximate surface area is 103 Å². The SMILES string of the molecule is COC(=O)C(C(C)C)C1(O)CCN(C2CC2)C1. The van der Waals surface area contributed by atoms with Gasteiger partial charge in [0.05, 0.1) is 18.6 Å². The highest BCUT2D eigenvalue weighted by Crippen LogP contribution is 2.39. The number of ether oxygens (including phenoxy) is 1. The molecule has 0 bridgehead atoms. The van der Waals surface area contributed by atoms with Gasteiger partial charge in [-0.1, -0.05) is 13.8 Å². The largest absolute Gasteiger partial charge is 0.469 e. The van der Waals surface area contributed by atoms with Crippen LogP contribution < -0.4 is 0 Å². The van der Waals surface area contributed by atoms with Crippen LogP contribution >= 0.6 is 0 Å². The number of aliphatic hydroxyl groups is 1. The highest BCUT2D eigenvalue weighted by molar-refractivity contribution is 5.74. The topological polar surface area (TPSA) is 49.8 Å². The molecule has 0 aromatic carbocycles. The Morgan fingerprint density at radius 1 is 1.47 bits per heavy atom. The van der Waals surface area contributed by atoms with Crippen LogP contribution in [0.15, 0.2) is 0 Å². The molecular formula is C13H23NO3. The molecule has 1 saturated carbocycles. The average Bonchev–Trinajstić information content (AvgIpc) is 3.02. The lowest BCUT2D eigenvalue weighted by atomic mass is 9.79. The molecule has 0 amide bonds. The fourth-order valence-electron chi connectivity index (χ4n) is 3.09. The molecule has 2 atom stereocenters. The van der Waals surface area contributed by atoms with E-state index in [0.717, 1.165) is 6.54 Å². The zero-order chi connectivity index (χ0) is 12.6. The third kappa shape index (κ3) is 2.47. The number of β-amino-alcohol motifs (C(OH)–C–C–N with tert-alkyl or cyclic N) is 1. The molecule has 0 aromatic heterocycles. The molecule has 2 aliphatic rings. The Kier molecular flexibility index (Phi) is 3.46. The number of esters is 1. The van der Waals surface area contributed by atoms with Gasteiger partial charge in [-0.25, -0.2) is 0 Å². The molecule has 1 saturated heterocycles. The van der Waals surface area contributed by atoms with Crippen molar-refractivity contribution in [3.63, 3.8) is 0 Å². The van der Waals surface area contributed by atoms with Crippen LogP contribution in [-0.2, 0) is 9.53 Å². The molecule has 0 aromatic rings. The first-order valence-corrected chi connectivity index (χ1v) is 6.52. The van der Waals surface area contributed by atoms with Crippen molar-refractivity contribution in [3.05, 3.63) is 0 Å². The number of hydrogen-bond donors (Lipinski definition) is 1. The summed E-state index contributed by atoms with van der Waals surface area (Å²) < 4.78 is 4.85. The van der Waals surface area contributed by atoms with Crippen molar-refractivity contribution in [1.29, 1.82) is 0 Å². The predicted octanol–water partition coefficient (Wildman–Crippen LogP) is 1.03. The average molecular weight is 241 g/mol. The summed E-state index contributed by atoms with van der Waals surface area (Å²) in [6, 6.07) is 0.648.